The van der Waals surface area contributed by atoms with Crippen molar-refractivity contribution in [2.45, 2.75) is 58.9 Å². The minimum absolute atomic E-state index is 0.0802. The standard InChI is InChI=1S/C38H32F4N4O/c1-20(2)28-16-25(39)17-29(21(3)4)34(28)46-33-22(5)8-6-11-30(33)44-36(46)27-10-7-9-26-32-37(47-35(26)27)45-31(19-43-32)24-14-12-23(13-15-24)18-38(40,41)42/h6-17,19-21H,18H2,1-5H3/i5D3,18D2. The summed E-state index contributed by atoms with van der Waals surface area (Å²) >= 11 is 0. The summed E-state index contributed by atoms with van der Waals surface area (Å²) in [5.41, 5.74) is 4.37. The number of hydrogen-bond donors (Lipinski definition) is 0. The molecule has 0 aliphatic heterocycles. The molecular weight excluding hydrogens is 604 g/mol. The number of rotatable bonds is 6. The highest BCUT2D eigenvalue weighted by Crippen LogP contribution is 2.41. The van der Waals surface area contributed by atoms with Crippen LogP contribution < -0.4 is 0 Å². The van der Waals surface area contributed by atoms with Gasteiger partial charge in [0.05, 0.1) is 40.5 Å². The second kappa shape index (κ2) is 11.3. The molecule has 0 bridgehead atoms. The van der Waals surface area contributed by atoms with Gasteiger partial charge in [0.15, 0.2) is 0 Å². The van der Waals surface area contributed by atoms with E-state index in [1.165, 1.54) is 30.5 Å². The van der Waals surface area contributed by atoms with Crippen LogP contribution in [0, 0.1) is 12.7 Å². The molecule has 0 unspecified atom stereocenters. The number of alkyl halides is 3. The van der Waals surface area contributed by atoms with Crippen LogP contribution in [0.15, 0.2) is 83.4 Å². The van der Waals surface area contributed by atoms with Gasteiger partial charge in [-0.1, -0.05) is 70.2 Å². The lowest BCUT2D eigenvalue weighted by Crippen LogP contribution is -2.11. The first kappa shape index (κ1) is 25.1. The predicted octanol–water partition coefficient (Wildman–Crippen LogP) is 10.8. The van der Waals surface area contributed by atoms with Gasteiger partial charge >= 0.3 is 6.18 Å². The summed E-state index contributed by atoms with van der Waals surface area (Å²) in [6, 6.07) is 18.1. The smallest absolute Gasteiger partial charge is 0.393 e. The molecule has 238 valence electrons. The van der Waals surface area contributed by atoms with Gasteiger partial charge in [-0.2, -0.15) is 13.2 Å². The number of aryl methyl sites for hydroxylation is 1. The Kier molecular flexibility index (Phi) is 6.05. The van der Waals surface area contributed by atoms with Crippen LogP contribution in [0.1, 0.15) is 68.6 Å². The van der Waals surface area contributed by atoms with Crippen LogP contribution in [0.3, 0.4) is 0 Å². The number of nitrogens with zero attached hydrogens (tertiary/aromatic N) is 4. The van der Waals surface area contributed by atoms with E-state index in [9.17, 15) is 13.2 Å². The van der Waals surface area contributed by atoms with Crippen LogP contribution in [-0.4, -0.2) is 25.7 Å². The normalized spacial score (nSPS) is 14.6. The van der Waals surface area contributed by atoms with E-state index >= 15 is 4.39 Å². The van der Waals surface area contributed by atoms with Gasteiger partial charge in [0.1, 0.15) is 22.7 Å². The zero-order valence-corrected chi connectivity index (χ0v) is 25.9. The highest BCUT2D eigenvalue weighted by molar-refractivity contribution is 6.07. The lowest BCUT2D eigenvalue weighted by atomic mass is 9.91. The van der Waals surface area contributed by atoms with Crippen LogP contribution >= 0.6 is 0 Å². The molecule has 9 heteroatoms. The Morgan fingerprint density at radius 1 is 0.915 bits per heavy atom. The summed E-state index contributed by atoms with van der Waals surface area (Å²) in [5, 5.41) is 0.585. The van der Waals surface area contributed by atoms with E-state index in [0.29, 0.717) is 61.3 Å². The zero-order valence-electron chi connectivity index (χ0n) is 30.9. The summed E-state index contributed by atoms with van der Waals surface area (Å²) in [6.07, 6.45) is -7.16. The molecule has 0 saturated carbocycles. The van der Waals surface area contributed by atoms with Crippen molar-refractivity contribution in [3.63, 3.8) is 0 Å². The largest absolute Gasteiger partial charge is 0.435 e. The number of imidazole rings is 1. The summed E-state index contributed by atoms with van der Waals surface area (Å²) < 4.78 is 104. The second-order valence-electron chi connectivity index (χ2n) is 12.1. The number of fused-ring (bicyclic) bond motifs is 4. The van der Waals surface area contributed by atoms with E-state index in [1.54, 1.807) is 41.0 Å². The van der Waals surface area contributed by atoms with E-state index < -0.39 is 30.8 Å². The highest BCUT2D eigenvalue weighted by atomic mass is 19.4. The number of aromatic nitrogens is 4. The third-order valence-corrected chi connectivity index (χ3v) is 8.19. The average Bonchev–Trinajstić information content (AvgIpc) is 3.65. The van der Waals surface area contributed by atoms with E-state index in [0.717, 1.165) is 12.1 Å². The van der Waals surface area contributed by atoms with E-state index in [1.807, 2.05) is 27.7 Å². The maximum Gasteiger partial charge on any atom is 0.393 e. The Labute approximate surface area is 275 Å². The van der Waals surface area contributed by atoms with Crippen molar-refractivity contribution < 1.29 is 28.8 Å². The highest BCUT2D eigenvalue weighted by Gasteiger charge is 2.28. The van der Waals surface area contributed by atoms with Crippen molar-refractivity contribution in [3.8, 4) is 28.3 Å². The van der Waals surface area contributed by atoms with Crippen molar-refractivity contribution in [3.05, 3.63) is 107 Å². The van der Waals surface area contributed by atoms with Crippen molar-refractivity contribution >= 4 is 33.2 Å². The van der Waals surface area contributed by atoms with Gasteiger partial charge in [0, 0.05) is 17.8 Å². The number of halogens is 4. The molecule has 7 aromatic rings. The molecule has 0 amide bonds. The summed E-state index contributed by atoms with van der Waals surface area (Å²) in [4.78, 5) is 14.2. The molecule has 0 N–H and O–H groups in total. The SMILES string of the molecule is [2H]C([2H])([2H])c1cccc2nc(-c3cccc4c3oc3nc(-c5ccc(C([2H])([2H])C(F)(F)F)cc5)cnc34)n(-c3c(C(C)C)cc(F)cc3C(C)C)c12. The molecule has 0 aliphatic carbocycles. The van der Waals surface area contributed by atoms with Gasteiger partial charge < -0.3 is 4.42 Å². The molecule has 47 heavy (non-hydrogen) atoms. The number of hydrogen-bond acceptors (Lipinski definition) is 4. The van der Waals surface area contributed by atoms with Gasteiger partial charge in [-0.15, -0.1) is 0 Å². The maximum absolute atomic E-state index is 15.2. The van der Waals surface area contributed by atoms with Gasteiger partial charge in [-0.25, -0.2) is 19.3 Å². The predicted molar refractivity (Wildman–Crippen MR) is 177 cm³/mol. The third kappa shape index (κ3) is 5.43. The Morgan fingerprint density at radius 2 is 1.62 bits per heavy atom. The van der Waals surface area contributed by atoms with Gasteiger partial charge in [-0.3, -0.25) is 4.57 Å². The molecule has 0 saturated heterocycles. The summed E-state index contributed by atoms with van der Waals surface area (Å²) in [7, 11) is 0. The van der Waals surface area contributed by atoms with Crippen LogP contribution in [0.2, 0.25) is 0 Å². The quantitative estimate of drug-likeness (QED) is 0.170. The number of benzene rings is 4. The lowest BCUT2D eigenvalue weighted by molar-refractivity contribution is -0.127. The molecule has 0 radical (unpaired) electrons. The fourth-order valence-corrected chi connectivity index (χ4v) is 6.07. The molecule has 0 atom stereocenters. The minimum Gasteiger partial charge on any atom is -0.435 e. The zero-order chi connectivity index (χ0) is 37.5. The van der Waals surface area contributed by atoms with E-state index in [4.69, 9.17) is 16.3 Å². The Morgan fingerprint density at radius 3 is 2.28 bits per heavy atom. The van der Waals surface area contributed by atoms with Crippen molar-refractivity contribution in [1.82, 2.24) is 19.5 Å². The van der Waals surface area contributed by atoms with Crippen LogP contribution in [0.5, 0.6) is 0 Å². The monoisotopic (exact) mass is 641 g/mol. The minimum atomic E-state index is -5.09. The van der Waals surface area contributed by atoms with Crippen LogP contribution in [0.4, 0.5) is 17.6 Å². The van der Waals surface area contributed by atoms with Crippen molar-refractivity contribution in [2.24, 2.45) is 0 Å². The molecular formula is C38H32F4N4O. The summed E-state index contributed by atoms with van der Waals surface area (Å²) in [5.74, 6) is -0.340. The molecule has 5 nitrogen and oxygen atoms in total. The molecule has 3 aromatic heterocycles. The first-order chi connectivity index (χ1) is 24.4. The lowest BCUT2D eigenvalue weighted by Gasteiger charge is -2.23. The van der Waals surface area contributed by atoms with Crippen LogP contribution in [-0.2, 0) is 6.37 Å². The molecule has 3 heterocycles. The molecule has 7 rings (SSSR count). The van der Waals surface area contributed by atoms with Gasteiger partial charge in [-0.05, 0) is 71.3 Å². The molecule has 0 aliphatic rings. The Hall–Kier alpha value is -5.05. The fraction of sp³-hybridized carbons (Fsp3) is 0.237. The van der Waals surface area contributed by atoms with Crippen LogP contribution in [0.25, 0.3) is 61.6 Å². The topological polar surface area (TPSA) is 56.7 Å². The number of furan rings is 1. The van der Waals surface area contributed by atoms with Gasteiger partial charge in [0.2, 0.25) is 5.71 Å². The average molecular weight is 642 g/mol. The fourth-order valence-electron chi connectivity index (χ4n) is 6.07. The third-order valence-electron chi connectivity index (χ3n) is 8.19. The number of para-hydroxylation sites is 2. The second-order valence-corrected chi connectivity index (χ2v) is 12.1. The molecule has 0 spiro atoms. The van der Waals surface area contributed by atoms with E-state index in [-0.39, 0.29) is 28.8 Å². The molecule has 0 fully saturated rings. The summed E-state index contributed by atoms with van der Waals surface area (Å²) in [6.45, 7) is 5.27. The Bertz CT molecular complexity index is 2470. The van der Waals surface area contributed by atoms with Crippen molar-refractivity contribution in [2.75, 3.05) is 0 Å². The van der Waals surface area contributed by atoms with E-state index in [2.05, 4.69) is 9.97 Å². The maximum atomic E-state index is 15.2. The Balaban J connectivity index is 1.48. The first-order valence-corrected chi connectivity index (χ1v) is 15.1. The first-order valence-electron chi connectivity index (χ1n) is 17.6. The van der Waals surface area contributed by atoms with Gasteiger partial charge in [0.25, 0.3) is 0 Å². The van der Waals surface area contributed by atoms with Crippen molar-refractivity contribution in [1.29, 1.82) is 0 Å². The molecule has 4 aromatic carbocycles.